The van der Waals surface area contributed by atoms with Crippen LogP contribution in [0, 0.1) is 18.7 Å². The average molecular weight is 287 g/mol. The summed E-state index contributed by atoms with van der Waals surface area (Å²) in [6, 6.07) is 4.86. The van der Waals surface area contributed by atoms with Crippen LogP contribution >= 0.6 is 12.4 Å². The molecular formula is C14H20ClFN2O. The molecule has 0 heterocycles. The molecule has 1 fully saturated rings. The van der Waals surface area contributed by atoms with Gasteiger partial charge in [-0.3, -0.25) is 4.79 Å². The third-order valence-corrected chi connectivity index (χ3v) is 3.52. The number of anilines is 1. The molecule has 19 heavy (non-hydrogen) atoms. The van der Waals surface area contributed by atoms with Crippen LogP contribution in [0.3, 0.4) is 0 Å². The van der Waals surface area contributed by atoms with Crippen molar-refractivity contribution < 1.29 is 9.18 Å². The van der Waals surface area contributed by atoms with E-state index < -0.39 is 0 Å². The summed E-state index contributed by atoms with van der Waals surface area (Å²) in [5, 5.41) is 2.77. The van der Waals surface area contributed by atoms with Crippen LogP contribution in [0.15, 0.2) is 18.2 Å². The summed E-state index contributed by atoms with van der Waals surface area (Å²) >= 11 is 0. The number of amides is 1. The molecule has 2 unspecified atom stereocenters. The van der Waals surface area contributed by atoms with E-state index in [9.17, 15) is 9.18 Å². The molecule has 5 heteroatoms. The smallest absolute Gasteiger partial charge is 0.227 e. The maximum absolute atomic E-state index is 13.4. The molecule has 1 saturated carbocycles. The zero-order chi connectivity index (χ0) is 13.1. The van der Waals surface area contributed by atoms with E-state index in [1.807, 2.05) is 0 Å². The maximum atomic E-state index is 13.4. The Bertz CT molecular complexity index is 453. The average Bonchev–Trinajstić information content (AvgIpc) is 2.34. The fourth-order valence-electron chi connectivity index (χ4n) is 2.38. The Labute approximate surface area is 119 Å². The van der Waals surface area contributed by atoms with Crippen molar-refractivity contribution in [3.63, 3.8) is 0 Å². The summed E-state index contributed by atoms with van der Waals surface area (Å²) in [6.07, 6.45) is 3.57. The lowest BCUT2D eigenvalue weighted by molar-refractivity contribution is -0.120. The minimum atomic E-state index is -0.298. The number of halogens is 2. The highest BCUT2D eigenvalue weighted by molar-refractivity contribution is 5.92. The van der Waals surface area contributed by atoms with Crippen molar-refractivity contribution in [3.05, 3.63) is 29.6 Å². The predicted octanol–water partition coefficient (Wildman–Crippen LogP) is 3.01. The topological polar surface area (TPSA) is 55.1 Å². The minimum absolute atomic E-state index is 0. The van der Waals surface area contributed by atoms with Gasteiger partial charge in [0.1, 0.15) is 5.82 Å². The van der Waals surface area contributed by atoms with Crippen molar-refractivity contribution >= 4 is 24.0 Å². The van der Waals surface area contributed by atoms with Crippen molar-refractivity contribution in [3.8, 4) is 0 Å². The second kappa shape index (κ2) is 6.87. The summed E-state index contributed by atoms with van der Waals surface area (Å²) in [7, 11) is 0. The maximum Gasteiger partial charge on any atom is 0.227 e. The second-order valence-corrected chi connectivity index (χ2v) is 5.08. The first-order valence-electron chi connectivity index (χ1n) is 6.39. The van der Waals surface area contributed by atoms with Crippen molar-refractivity contribution in [2.24, 2.45) is 11.7 Å². The van der Waals surface area contributed by atoms with Crippen molar-refractivity contribution in [1.82, 2.24) is 0 Å². The van der Waals surface area contributed by atoms with Gasteiger partial charge in [-0.25, -0.2) is 4.39 Å². The van der Waals surface area contributed by atoms with Crippen LogP contribution in [-0.4, -0.2) is 11.9 Å². The molecule has 0 radical (unpaired) electrons. The molecule has 3 nitrogen and oxygen atoms in total. The Morgan fingerprint density at radius 2 is 2.16 bits per heavy atom. The highest BCUT2D eigenvalue weighted by atomic mass is 35.5. The third kappa shape index (κ3) is 4.18. The molecule has 0 saturated heterocycles. The molecule has 1 amide bonds. The van der Waals surface area contributed by atoms with Gasteiger partial charge in [-0.1, -0.05) is 12.5 Å². The molecule has 0 bridgehead atoms. The van der Waals surface area contributed by atoms with Crippen molar-refractivity contribution in [2.45, 2.75) is 38.6 Å². The number of nitrogens with two attached hydrogens (primary N) is 1. The largest absolute Gasteiger partial charge is 0.328 e. The lowest BCUT2D eigenvalue weighted by atomic mass is 9.85. The van der Waals surface area contributed by atoms with Crippen LogP contribution in [0.25, 0.3) is 0 Å². The molecule has 0 aliphatic heterocycles. The van der Waals surface area contributed by atoms with Crippen LogP contribution < -0.4 is 11.1 Å². The summed E-state index contributed by atoms with van der Waals surface area (Å²) in [6.45, 7) is 1.70. The predicted molar refractivity (Wildman–Crippen MR) is 76.9 cm³/mol. The molecule has 1 aliphatic carbocycles. The third-order valence-electron chi connectivity index (χ3n) is 3.52. The van der Waals surface area contributed by atoms with Crippen molar-refractivity contribution in [2.75, 3.05) is 5.32 Å². The van der Waals surface area contributed by atoms with Gasteiger partial charge in [0.2, 0.25) is 5.91 Å². The van der Waals surface area contributed by atoms with Crippen LogP contribution in [0.5, 0.6) is 0 Å². The number of hydrogen-bond acceptors (Lipinski definition) is 2. The van der Waals surface area contributed by atoms with E-state index in [-0.39, 0.29) is 36.1 Å². The molecule has 0 aromatic heterocycles. The quantitative estimate of drug-likeness (QED) is 0.878. The Kier molecular flexibility index (Phi) is 5.76. The standard InChI is InChI=1S/C14H19FN2O.ClH/c1-9-5-6-12(8-13(9)15)17-14(18)10-3-2-4-11(16)7-10;/h5-6,8,10-11H,2-4,7,16H2,1H3,(H,17,18);1H. The number of aryl methyl sites for hydroxylation is 1. The van der Waals surface area contributed by atoms with Crippen LogP contribution in [0.2, 0.25) is 0 Å². The molecule has 1 aromatic carbocycles. The van der Waals surface area contributed by atoms with E-state index in [0.717, 1.165) is 25.7 Å². The molecule has 0 spiro atoms. The fourth-order valence-corrected chi connectivity index (χ4v) is 2.38. The van der Waals surface area contributed by atoms with Crippen LogP contribution in [0.4, 0.5) is 10.1 Å². The number of rotatable bonds is 2. The molecule has 1 aliphatic rings. The number of hydrogen-bond donors (Lipinski definition) is 2. The van der Waals surface area contributed by atoms with E-state index in [0.29, 0.717) is 11.3 Å². The van der Waals surface area contributed by atoms with Crippen LogP contribution in [-0.2, 0) is 4.79 Å². The number of benzene rings is 1. The van der Waals surface area contributed by atoms with Gasteiger partial charge in [0.25, 0.3) is 0 Å². The van der Waals surface area contributed by atoms with Gasteiger partial charge in [-0.05, 0) is 43.9 Å². The number of nitrogens with one attached hydrogen (secondary N) is 1. The zero-order valence-electron chi connectivity index (χ0n) is 11.0. The van der Waals surface area contributed by atoms with Gasteiger partial charge in [0.15, 0.2) is 0 Å². The van der Waals surface area contributed by atoms with E-state index >= 15 is 0 Å². The van der Waals surface area contributed by atoms with E-state index in [2.05, 4.69) is 5.32 Å². The second-order valence-electron chi connectivity index (χ2n) is 5.08. The molecule has 2 rings (SSSR count). The SMILES string of the molecule is Cc1ccc(NC(=O)C2CCCC(N)C2)cc1F.Cl. The Morgan fingerprint density at radius 3 is 2.79 bits per heavy atom. The summed E-state index contributed by atoms with van der Waals surface area (Å²) < 4.78 is 13.4. The number of carbonyl (C=O) groups excluding carboxylic acids is 1. The Hall–Kier alpha value is -1.13. The van der Waals surface area contributed by atoms with Gasteiger partial charge in [0.05, 0.1) is 0 Å². The lowest BCUT2D eigenvalue weighted by Crippen LogP contribution is -2.34. The molecule has 3 N–H and O–H groups in total. The van der Waals surface area contributed by atoms with E-state index in [4.69, 9.17) is 5.73 Å². The van der Waals surface area contributed by atoms with Gasteiger partial charge in [-0.2, -0.15) is 0 Å². The molecule has 106 valence electrons. The number of carbonyl (C=O) groups is 1. The van der Waals surface area contributed by atoms with Gasteiger partial charge in [-0.15, -0.1) is 12.4 Å². The van der Waals surface area contributed by atoms with Gasteiger partial charge >= 0.3 is 0 Å². The summed E-state index contributed by atoms with van der Waals surface area (Å²) in [5.41, 5.74) is 6.95. The van der Waals surface area contributed by atoms with Crippen molar-refractivity contribution in [1.29, 1.82) is 0 Å². The van der Waals surface area contributed by atoms with E-state index in [1.165, 1.54) is 6.07 Å². The van der Waals surface area contributed by atoms with Crippen LogP contribution in [0.1, 0.15) is 31.2 Å². The molecular weight excluding hydrogens is 267 g/mol. The molecule has 2 atom stereocenters. The highest BCUT2D eigenvalue weighted by Crippen LogP contribution is 2.24. The Balaban J connectivity index is 0.00000180. The highest BCUT2D eigenvalue weighted by Gasteiger charge is 2.25. The van der Waals surface area contributed by atoms with Gasteiger partial charge in [0, 0.05) is 17.6 Å². The first-order valence-corrected chi connectivity index (χ1v) is 6.39. The summed E-state index contributed by atoms with van der Waals surface area (Å²) in [4.78, 5) is 12.0. The Morgan fingerprint density at radius 1 is 1.42 bits per heavy atom. The minimum Gasteiger partial charge on any atom is -0.328 e. The monoisotopic (exact) mass is 286 g/mol. The lowest BCUT2D eigenvalue weighted by Gasteiger charge is -2.25. The normalized spacial score (nSPS) is 22.5. The van der Waals surface area contributed by atoms with Gasteiger partial charge < -0.3 is 11.1 Å². The first-order chi connectivity index (χ1) is 8.56. The zero-order valence-corrected chi connectivity index (χ0v) is 11.8. The fraction of sp³-hybridized carbons (Fsp3) is 0.500. The van der Waals surface area contributed by atoms with E-state index in [1.54, 1.807) is 19.1 Å². The molecule has 1 aromatic rings. The summed E-state index contributed by atoms with van der Waals surface area (Å²) in [5.74, 6) is -0.389. The first kappa shape index (κ1) is 15.9.